The summed E-state index contributed by atoms with van der Waals surface area (Å²) < 4.78 is 0. The highest BCUT2D eigenvalue weighted by atomic mass is 32.1. The molecule has 2 aromatic rings. The number of aromatic nitrogens is 1. The highest BCUT2D eigenvalue weighted by Crippen LogP contribution is 2.26. The lowest BCUT2D eigenvalue weighted by Crippen LogP contribution is -2.25. The summed E-state index contributed by atoms with van der Waals surface area (Å²) in [6.07, 6.45) is 0. The van der Waals surface area contributed by atoms with Crippen LogP contribution in [0.1, 0.15) is 16.1 Å². The summed E-state index contributed by atoms with van der Waals surface area (Å²) in [6, 6.07) is 10.3. The highest BCUT2D eigenvalue weighted by Gasteiger charge is 2.12. The molecule has 0 spiro atoms. The van der Waals surface area contributed by atoms with Gasteiger partial charge in [-0.2, -0.15) is 0 Å². The van der Waals surface area contributed by atoms with Gasteiger partial charge in [0, 0.05) is 18.0 Å². The van der Waals surface area contributed by atoms with Crippen molar-refractivity contribution in [1.29, 1.82) is 0 Å². The molecule has 0 aliphatic rings. The number of rotatable bonds is 5. The van der Waals surface area contributed by atoms with Crippen LogP contribution in [0.15, 0.2) is 30.3 Å². The van der Waals surface area contributed by atoms with Crippen molar-refractivity contribution in [1.82, 2.24) is 4.98 Å². The van der Waals surface area contributed by atoms with Gasteiger partial charge in [-0.25, -0.2) is 4.98 Å². The van der Waals surface area contributed by atoms with Crippen LogP contribution in [0.4, 0.5) is 5.13 Å². The van der Waals surface area contributed by atoms with Crippen LogP contribution >= 0.6 is 11.3 Å². The van der Waals surface area contributed by atoms with Crippen molar-refractivity contribution in [3.63, 3.8) is 0 Å². The lowest BCUT2D eigenvalue weighted by Gasteiger charge is -2.20. The molecule has 0 radical (unpaired) electrons. The fourth-order valence-electron chi connectivity index (χ4n) is 1.76. The number of aliphatic hydroxyl groups excluding tert-OH is 1. The van der Waals surface area contributed by atoms with Crippen LogP contribution in [-0.4, -0.2) is 23.2 Å². The van der Waals surface area contributed by atoms with E-state index in [9.17, 15) is 5.11 Å². The number of aryl methyl sites for hydroxylation is 2. The Labute approximate surface area is 112 Å². The molecule has 0 bridgehead atoms. The van der Waals surface area contributed by atoms with Gasteiger partial charge in [0.25, 0.3) is 0 Å². The molecule has 0 saturated carbocycles. The molecule has 96 valence electrons. The molecular formula is C14H18N2OS. The first kappa shape index (κ1) is 13.1. The van der Waals surface area contributed by atoms with Crippen molar-refractivity contribution >= 4 is 16.5 Å². The van der Waals surface area contributed by atoms with Crippen LogP contribution in [0.25, 0.3) is 0 Å². The van der Waals surface area contributed by atoms with Crippen molar-refractivity contribution in [3.8, 4) is 0 Å². The van der Waals surface area contributed by atoms with Crippen molar-refractivity contribution in [3.05, 3.63) is 46.5 Å². The first-order chi connectivity index (χ1) is 8.70. The van der Waals surface area contributed by atoms with Crippen LogP contribution in [0.3, 0.4) is 0 Å². The zero-order valence-electron chi connectivity index (χ0n) is 10.8. The summed E-state index contributed by atoms with van der Waals surface area (Å²) >= 11 is 1.69. The van der Waals surface area contributed by atoms with Gasteiger partial charge in [-0.15, -0.1) is 11.3 Å². The van der Waals surface area contributed by atoms with E-state index in [4.69, 9.17) is 0 Å². The van der Waals surface area contributed by atoms with E-state index in [2.05, 4.69) is 28.9 Å². The van der Waals surface area contributed by atoms with E-state index in [1.165, 1.54) is 10.4 Å². The average molecular weight is 262 g/mol. The molecular weight excluding hydrogens is 244 g/mol. The van der Waals surface area contributed by atoms with Crippen molar-refractivity contribution in [2.75, 3.05) is 18.1 Å². The summed E-state index contributed by atoms with van der Waals surface area (Å²) in [5.41, 5.74) is 2.31. The minimum atomic E-state index is 0.143. The van der Waals surface area contributed by atoms with Crippen LogP contribution in [0.5, 0.6) is 0 Å². The van der Waals surface area contributed by atoms with Crippen LogP contribution in [0.2, 0.25) is 0 Å². The number of hydrogen-bond acceptors (Lipinski definition) is 4. The van der Waals surface area contributed by atoms with E-state index in [-0.39, 0.29) is 6.61 Å². The van der Waals surface area contributed by atoms with Gasteiger partial charge in [0.1, 0.15) is 0 Å². The minimum absolute atomic E-state index is 0.143. The second kappa shape index (κ2) is 5.98. The molecule has 3 nitrogen and oxygen atoms in total. The SMILES string of the molecule is Cc1nc(N(CCO)Cc2ccccc2)sc1C. The third kappa shape index (κ3) is 3.09. The smallest absolute Gasteiger partial charge is 0.186 e. The number of thiazole rings is 1. The Hall–Kier alpha value is -1.39. The normalized spacial score (nSPS) is 10.6. The zero-order chi connectivity index (χ0) is 13.0. The Morgan fingerprint density at radius 2 is 1.94 bits per heavy atom. The standard InChI is InChI=1S/C14H18N2OS/c1-11-12(2)18-14(15-11)16(8-9-17)10-13-6-4-3-5-7-13/h3-7,17H,8-10H2,1-2H3. The van der Waals surface area contributed by atoms with Crippen molar-refractivity contribution in [2.24, 2.45) is 0 Å². The first-order valence-corrected chi connectivity index (χ1v) is 6.86. The summed E-state index contributed by atoms with van der Waals surface area (Å²) in [5.74, 6) is 0. The Morgan fingerprint density at radius 1 is 1.22 bits per heavy atom. The van der Waals surface area contributed by atoms with Crippen LogP contribution < -0.4 is 4.90 Å². The lowest BCUT2D eigenvalue weighted by atomic mass is 10.2. The fourth-order valence-corrected chi connectivity index (χ4v) is 2.69. The Balaban J connectivity index is 2.18. The van der Waals surface area contributed by atoms with Crippen LogP contribution in [-0.2, 0) is 6.54 Å². The number of aliphatic hydroxyl groups is 1. The topological polar surface area (TPSA) is 36.4 Å². The predicted molar refractivity (Wildman–Crippen MR) is 76.2 cm³/mol. The van der Waals surface area contributed by atoms with Gasteiger partial charge < -0.3 is 10.0 Å². The molecule has 0 aliphatic carbocycles. The second-order valence-corrected chi connectivity index (χ2v) is 5.45. The summed E-state index contributed by atoms with van der Waals surface area (Å²) in [7, 11) is 0. The Morgan fingerprint density at radius 3 is 2.50 bits per heavy atom. The van der Waals surface area contributed by atoms with Gasteiger partial charge in [-0.3, -0.25) is 0 Å². The number of benzene rings is 1. The highest BCUT2D eigenvalue weighted by molar-refractivity contribution is 7.15. The quantitative estimate of drug-likeness (QED) is 0.900. The molecule has 1 heterocycles. The molecule has 0 atom stereocenters. The van der Waals surface area contributed by atoms with Gasteiger partial charge in [0.05, 0.1) is 12.3 Å². The molecule has 0 aliphatic heterocycles. The molecule has 0 fully saturated rings. The molecule has 1 N–H and O–H groups in total. The summed E-state index contributed by atoms with van der Waals surface area (Å²) in [6.45, 7) is 5.64. The molecule has 0 saturated heterocycles. The molecule has 1 aromatic carbocycles. The van der Waals surface area contributed by atoms with Gasteiger partial charge in [0.15, 0.2) is 5.13 Å². The van der Waals surface area contributed by atoms with E-state index in [0.29, 0.717) is 6.54 Å². The second-order valence-electron chi connectivity index (χ2n) is 4.27. The van der Waals surface area contributed by atoms with Gasteiger partial charge in [0.2, 0.25) is 0 Å². The molecule has 1 aromatic heterocycles. The molecule has 0 unspecified atom stereocenters. The van der Waals surface area contributed by atoms with E-state index in [0.717, 1.165) is 17.4 Å². The maximum Gasteiger partial charge on any atom is 0.186 e. The monoisotopic (exact) mass is 262 g/mol. The summed E-state index contributed by atoms with van der Waals surface area (Å²) in [5, 5.41) is 10.2. The first-order valence-electron chi connectivity index (χ1n) is 6.04. The maximum absolute atomic E-state index is 9.19. The van der Waals surface area contributed by atoms with E-state index >= 15 is 0 Å². The Kier molecular flexibility index (Phi) is 4.33. The van der Waals surface area contributed by atoms with Gasteiger partial charge >= 0.3 is 0 Å². The predicted octanol–water partition coefficient (Wildman–Crippen LogP) is 2.76. The maximum atomic E-state index is 9.19. The number of hydrogen-bond donors (Lipinski definition) is 1. The van der Waals surface area contributed by atoms with E-state index < -0.39 is 0 Å². The molecule has 18 heavy (non-hydrogen) atoms. The Bertz CT molecular complexity index is 476. The average Bonchev–Trinajstić information content (AvgIpc) is 2.70. The number of anilines is 1. The fraction of sp³-hybridized carbons (Fsp3) is 0.357. The lowest BCUT2D eigenvalue weighted by molar-refractivity contribution is 0.301. The van der Waals surface area contributed by atoms with Crippen molar-refractivity contribution in [2.45, 2.75) is 20.4 Å². The number of nitrogens with zero attached hydrogens (tertiary/aromatic N) is 2. The van der Waals surface area contributed by atoms with Crippen LogP contribution in [0, 0.1) is 13.8 Å². The molecule has 2 rings (SSSR count). The zero-order valence-corrected chi connectivity index (χ0v) is 11.6. The van der Waals surface area contributed by atoms with Gasteiger partial charge in [-0.1, -0.05) is 30.3 Å². The third-order valence-electron chi connectivity index (χ3n) is 2.87. The molecule has 4 heteroatoms. The van der Waals surface area contributed by atoms with E-state index in [1.54, 1.807) is 11.3 Å². The summed E-state index contributed by atoms with van der Waals surface area (Å²) in [4.78, 5) is 7.92. The molecule has 0 amide bonds. The largest absolute Gasteiger partial charge is 0.395 e. The minimum Gasteiger partial charge on any atom is -0.395 e. The van der Waals surface area contributed by atoms with Crippen molar-refractivity contribution < 1.29 is 5.11 Å². The third-order valence-corrected chi connectivity index (χ3v) is 4.01. The van der Waals surface area contributed by atoms with E-state index in [1.807, 2.05) is 25.1 Å². The van der Waals surface area contributed by atoms with Gasteiger partial charge in [-0.05, 0) is 19.4 Å².